The lowest BCUT2D eigenvalue weighted by molar-refractivity contribution is 0.728. The molecule has 0 aliphatic rings. The van der Waals surface area contributed by atoms with Crippen molar-refractivity contribution in [2.45, 2.75) is 66.2 Å². The minimum absolute atomic E-state index is 0.705. The molecule has 2 aromatic carbocycles. The van der Waals surface area contributed by atoms with Crippen molar-refractivity contribution in [3.05, 3.63) is 70.8 Å². The van der Waals surface area contributed by atoms with E-state index in [2.05, 4.69) is 90.1 Å². The van der Waals surface area contributed by atoms with E-state index in [9.17, 15) is 0 Å². The fourth-order valence-corrected chi connectivity index (χ4v) is 2.72. The molecule has 0 fully saturated rings. The van der Waals surface area contributed by atoms with Gasteiger partial charge in [-0.25, -0.2) is 0 Å². The molecule has 0 aliphatic heterocycles. The molecule has 0 heterocycles. The van der Waals surface area contributed by atoms with E-state index in [1.807, 2.05) is 0 Å². The number of hydrogen-bond acceptors (Lipinski definition) is 0. The number of rotatable bonds is 4. The summed E-state index contributed by atoms with van der Waals surface area (Å²) in [5.74, 6) is 1.41. The predicted molar refractivity (Wildman–Crippen MR) is 99.8 cm³/mol. The van der Waals surface area contributed by atoms with Gasteiger partial charge in [0, 0.05) is 0 Å². The second-order valence-corrected chi connectivity index (χ2v) is 6.33. The lowest BCUT2D eigenvalue weighted by Gasteiger charge is -2.11. The molecule has 120 valence electrons. The highest BCUT2D eigenvalue weighted by Crippen LogP contribution is 2.22. The highest BCUT2D eigenvalue weighted by atomic mass is 14.1. The van der Waals surface area contributed by atoms with E-state index in [-0.39, 0.29) is 0 Å². The highest BCUT2D eigenvalue weighted by molar-refractivity contribution is 5.29. The summed E-state index contributed by atoms with van der Waals surface area (Å²) in [4.78, 5) is 0. The van der Waals surface area contributed by atoms with Crippen LogP contribution in [0.5, 0.6) is 0 Å². The van der Waals surface area contributed by atoms with Gasteiger partial charge in [0.05, 0.1) is 0 Å². The number of benzene rings is 2. The standard InChI is InChI=1S/2C11H16/c2*1-4-9(2)11-8-6-5-7-10(11)3/h2*5-9H,4H2,1-3H3. The summed E-state index contributed by atoms with van der Waals surface area (Å²) < 4.78 is 0. The van der Waals surface area contributed by atoms with Gasteiger partial charge in [-0.1, -0.05) is 76.2 Å². The van der Waals surface area contributed by atoms with Crippen molar-refractivity contribution in [2.24, 2.45) is 0 Å². The topological polar surface area (TPSA) is 0 Å². The smallest absolute Gasteiger partial charge is 0.0190 e. The second-order valence-electron chi connectivity index (χ2n) is 6.33. The van der Waals surface area contributed by atoms with Crippen molar-refractivity contribution < 1.29 is 0 Å². The molecule has 0 saturated heterocycles. The summed E-state index contributed by atoms with van der Waals surface area (Å²) in [5.41, 5.74) is 5.83. The van der Waals surface area contributed by atoms with Crippen molar-refractivity contribution in [1.29, 1.82) is 0 Å². The van der Waals surface area contributed by atoms with Crippen LogP contribution in [0.2, 0.25) is 0 Å². The Bertz CT molecular complexity index is 502. The molecule has 0 aliphatic carbocycles. The van der Waals surface area contributed by atoms with E-state index in [0.717, 1.165) is 0 Å². The molecule has 22 heavy (non-hydrogen) atoms. The average molecular weight is 296 g/mol. The molecule has 0 heteroatoms. The average Bonchev–Trinajstić information content (AvgIpc) is 2.55. The molecule has 0 radical (unpaired) electrons. The molecule has 2 unspecified atom stereocenters. The Labute approximate surface area is 137 Å². The number of aryl methyl sites for hydroxylation is 2. The Morgan fingerprint density at radius 3 is 1.23 bits per heavy atom. The maximum Gasteiger partial charge on any atom is -0.0190 e. The Hall–Kier alpha value is -1.56. The molecular formula is C22H32. The quantitative estimate of drug-likeness (QED) is 0.569. The third-order valence-electron chi connectivity index (χ3n) is 4.66. The van der Waals surface area contributed by atoms with Gasteiger partial charge in [0.25, 0.3) is 0 Å². The van der Waals surface area contributed by atoms with Crippen LogP contribution in [0.3, 0.4) is 0 Å². The van der Waals surface area contributed by atoms with E-state index in [1.165, 1.54) is 35.1 Å². The fourth-order valence-electron chi connectivity index (χ4n) is 2.72. The van der Waals surface area contributed by atoms with Gasteiger partial charge in [0.15, 0.2) is 0 Å². The van der Waals surface area contributed by atoms with Crippen molar-refractivity contribution in [3.8, 4) is 0 Å². The van der Waals surface area contributed by atoms with Gasteiger partial charge in [0.2, 0.25) is 0 Å². The van der Waals surface area contributed by atoms with Crippen molar-refractivity contribution in [1.82, 2.24) is 0 Å². The van der Waals surface area contributed by atoms with Crippen LogP contribution in [0.4, 0.5) is 0 Å². The first-order valence-electron chi connectivity index (χ1n) is 8.62. The zero-order chi connectivity index (χ0) is 16.5. The lowest BCUT2D eigenvalue weighted by Crippen LogP contribution is -1.93. The second kappa shape index (κ2) is 9.46. The van der Waals surface area contributed by atoms with Gasteiger partial charge in [-0.05, 0) is 60.8 Å². The first-order valence-corrected chi connectivity index (χ1v) is 8.62. The third-order valence-corrected chi connectivity index (χ3v) is 4.66. The van der Waals surface area contributed by atoms with Crippen LogP contribution < -0.4 is 0 Å². The highest BCUT2D eigenvalue weighted by Gasteiger charge is 2.04. The molecule has 0 aromatic heterocycles. The minimum Gasteiger partial charge on any atom is -0.0648 e. The molecular weight excluding hydrogens is 264 g/mol. The molecule has 2 atom stereocenters. The van der Waals surface area contributed by atoms with Crippen LogP contribution in [-0.2, 0) is 0 Å². The Balaban J connectivity index is 0.000000220. The Morgan fingerprint density at radius 1 is 0.636 bits per heavy atom. The Morgan fingerprint density at radius 2 is 0.955 bits per heavy atom. The molecule has 0 N–H and O–H groups in total. The van der Waals surface area contributed by atoms with E-state index in [0.29, 0.717) is 11.8 Å². The number of hydrogen-bond donors (Lipinski definition) is 0. The molecule has 0 bridgehead atoms. The zero-order valence-corrected chi connectivity index (χ0v) is 15.2. The van der Waals surface area contributed by atoms with E-state index < -0.39 is 0 Å². The SMILES string of the molecule is CCC(C)c1ccccc1C.CCC(C)c1ccccc1C. The van der Waals surface area contributed by atoms with Crippen LogP contribution in [0.25, 0.3) is 0 Å². The fraction of sp³-hybridized carbons (Fsp3) is 0.455. The van der Waals surface area contributed by atoms with E-state index in [4.69, 9.17) is 0 Å². The van der Waals surface area contributed by atoms with Crippen LogP contribution >= 0.6 is 0 Å². The largest absolute Gasteiger partial charge is 0.0648 e. The first-order chi connectivity index (χ1) is 10.5. The summed E-state index contributed by atoms with van der Waals surface area (Å²) in [6, 6.07) is 17.3. The molecule has 2 aromatic rings. The third kappa shape index (κ3) is 5.33. The van der Waals surface area contributed by atoms with Crippen molar-refractivity contribution in [3.63, 3.8) is 0 Å². The summed E-state index contributed by atoms with van der Waals surface area (Å²) in [6.45, 7) is 13.4. The van der Waals surface area contributed by atoms with E-state index in [1.54, 1.807) is 0 Å². The van der Waals surface area contributed by atoms with Gasteiger partial charge in [-0.2, -0.15) is 0 Å². The summed E-state index contributed by atoms with van der Waals surface area (Å²) >= 11 is 0. The monoisotopic (exact) mass is 296 g/mol. The van der Waals surface area contributed by atoms with Crippen molar-refractivity contribution in [2.75, 3.05) is 0 Å². The molecule has 0 nitrogen and oxygen atoms in total. The van der Waals surface area contributed by atoms with E-state index >= 15 is 0 Å². The van der Waals surface area contributed by atoms with Crippen molar-refractivity contribution >= 4 is 0 Å². The molecule has 2 rings (SSSR count). The maximum atomic E-state index is 2.28. The summed E-state index contributed by atoms with van der Waals surface area (Å²) in [6.07, 6.45) is 2.45. The van der Waals surface area contributed by atoms with Gasteiger partial charge < -0.3 is 0 Å². The molecule has 0 saturated carbocycles. The summed E-state index contributed by atoms with van der Waals surface area (Å²) in [7, 11) is 0. The van der Waals surface area contributed by atoms with Crippen LogP contribution in [0.1, 0.15) is 74.6 Å². The minimum atomic E-state index is 0.705. The normalized spacial score (nSPS) is 13.0. The van der Waals surface area contributed by atoms with Crippen LogP contribution in [0, 0.1) is 13.8 Å². The van der Waals surface area contributed by atoms with Crippen LogP contribution in [-0.4, -0.2) is 0 Å². The Kier molecular flexibility index (Phi) is 7.95. The van der Waals surface area contributed by atoms with Gasteiger partial charge >= 0.3 is 0 Å². The summed E-state index contributed by atoms with van der Waals surface area (Å²) in [5, 5.41) is 0. The lowest BCUT2D eigenvalue weighted by atomic mass is 9.95. The van der Waals surface area contributed by atoms with Gasteiger partial charge in [-0.15, -0.1) is 0 Å². The first kappa shape index (κ1) is 18.5. The molecule has 0 spiro atoms. The maximum absolute atomic E-state index is 2.28. The predicted octanol–water partition coefficient (Wildman–Crippen LogP) is 7.02. The molecule has 0 amide bonds. The van der Waals surface area contributed by atoms with Gasteiger partial charge in [-0.3, -0.25) is 0 Å². The zero-order valence-electron chi connectivity index (χ0n) is 15.2. The van der Waals surface area contributed by atoms with Crippen LogP contribution in [0.15, 0.2) is 48.5 Å². The van der Waals surface area contributed by atoms with Gasteiger partial charge in [0.1, 0.15) is 0 Å².